The molecule has 33 heavy (non-hydrogen) atoms. The van der Waals surface area contributed by atoms with Crippen LogP contribution in [-0.2, 0) is 16.1 Å². The number of carbonyl (C=O) groups excluding carboxylic acids is 1. The minimum Gasteiger partial charge on any atom is -1.00 e. The summed E-state index contributed by atoms with van der Waals surface area (Å²) in [6.07, 6.45) is 5.45. The summed E-state index contributed by atoms with van der Waals surface area (Å²) < 4.78 is 14.4. The van der Waals surface area contributed by atoms with E-state index < -0.39 is 5.60 Å². The Balaban J connectivity index is 0.00000385. The van der Waals surface area contributed by atoms with Gasteiger partial charge in [-0.1, -0.05) is 17.2 Å². The van der Waals surface area contributed by atoms with E-state index in [9.17, 15) is 4.79 Å². The van der Waals surface area contributed by atoms with Crippen LogP contribution >= 0.6 is 0 Å². The zero-order valence-corrected chi connectivity index (χ0v) is 21.5. The second-order valence-electron chi connectivity index (χ2n) is 8.64. The number of esters is 1. The Morgan fingerprint density at radius 2 is 1.73 bits per heavy atom. The quantitative estimate of drug-likeness (QED) is 0.265. The zero-order valence-electron chi connectivity index (χ0n) is 19.9. The largest absolute Gasteiger partial charge is 1.00 e. The van der Waals surface area contributed by atoms with Crippen molar-refractivity contribution in [2.24, 2.45) is 5.10 Å². The third-order valence-corrected chi connectivity index (χ3v) is 4.69. The number of rotatable bonds is 7. The highest BCUT2D eigenvalue weighted by molar-refractivity contribution is 5.79. The van der Waals surface area contributed by atoms with Gasteiger partial charge in [-0.3, -0.25) is 0 Å². The van der Waals surface area contributed by atoms with Crippen molar-refractivity contribution in [3.63, 3.8) is 0 Å². The van der Waals surface area contributed by atoms with Crippen LogP contribution in [0.3, 0.4) is 0 Å². The summed E-state index contributed by atoms with van der Waals surface area (Å²) in [5, 5.41) is 4.65. The summed E-state index contributed by atoms with van der Waals surface area (Å²) in [5.74, 6) is 1.22. The molecule has 0 aliphatic carbocycles. The molecule has 0 aliphatic rings. The molecule has 0 fully saturated rings. The van der Waals surface area contributed by atoms with Crippen molar-refractivity contribution in [3.05, 3.63) is 66.5 Å². The van der Waals surface area contributed by atoms with E-state index in [-0.39, 0.29) is 29.5 Å². The molecule has 0 unspecified atom stereocenters. The number of nitrogens with zero attached hydrogens (tertiary/aromatic N) is 4. The Morgan fingerprint density at radius 1 is 1.09 bits per heavy atom. The number of imidazole rings is 1. The molecule has 0 N–H and O–H groups in total. The van der Waals surface area contributed by atoms with Gasteiger partial charge in [-0.15, -0.1) is 4.68 Å². The molecular formula is C25H31BrN4O3. The average molecular weight is 515 g/mol. The Labute approximate surface area is 206 Å². The van der Waals surface area contributed by atoms with Crippen LogP contribution in [0.5, 0.6) is 5.75 Å². The SMILES string of the molecule is COc1ccc(-c2n(CC(=O)OC(C)(C)C)cc[n+]2N=Cc2ccc(N(C)C)cc2)cc1.[Br-]. The van der Waals surface area contributed by atoms with Crippen molar-refractivity contribution < 1.29 is 35.9 Å². The van der Waals surface area contributed by atoms with Gasteiger partial charge in [-0.05, 0) is 62.7 Å². The van der Waals surface area contributed by atoms with Gasteiger partial charge in [0.15, 0.2) is 12.7 Å². The Kier molecular flexibility index (Phi) is 8.82. The zero-order chi connectivity index (χ0) is 23.3. The van der Waals surface area contributed by atoms with Crippen molar-refractivity contribution in [2.75, 3.05) is 26.1 Å². The number of hydrogen-bond acceptors (Lipinski definition) is 5. The fourth-order valence-corrected chi connectivity index (χ4v) is 3.18. The molecule has 3 rings (SSSR count). The van der Waals surface area contributed by atoms with E-state index in [0.717, 1.165) is 28.4 Å². The van der Waals surface area contributed by atoms with Crippen LogP contribution in [0.2, 0.25) is 0 Å². The Morgan fingerprint density at radius 3 is 2.27 bits per heavy atom. The first-order valence-electron chi connectivity index (χ1n) is 10.4. The lowest BCUT2D eigenvalue weighted by Crippen LogP contribution is -3.00. The molecule has 8 heteroatoms. The van der Waals surface area contributed by atoms with Gasteiger partial charge in [-0.2, -0.15) is 0 Å². The number of halogens is 1. The molecule has 7 nitrogen and oxygen atoms in total. The molecule has 3 aromatic rings. The molecule has 0 saturated carbocycles. The highest BCUT2D eigenvalue weighted by Gasteiger charge is 2.24. The van der Waals surface area contributed by atoms with E-state index in [1.807, 2.05) is 105 Å². The fraction of sp³-hybridized carbons (Fsp3) is 0.320. The van der Waals surface area contributed by atoms with Gasteiger partial charge in [-0.25, -0.2) is 9.36 Å². The van der Waals surface area contributed by atoms with E-state index in [0.29, 0.717) is 0 Å². The summed E-state index contributed by atoms with van der Waals surface area (Å²) in [5.41, 5.74) is 2.46. The number of hydrogen-bond donors (Lipinski definition) is 0. The van der Waals surface area contributed by atoms with Crippen LogP contribution in [-0.4, -0.2) is 43.6 Å². The minimum atomic E-state index is -0.544. The fourth-order valence-electron chi connectivity index (χ4n) is 3.18. The predicted octanol–water partition coefficient (Wildman–Crippen LogP) is 0.745. The summed E-state index contributed by atoms with van der Waals surface area (Å²) in [6.45, 7) is 5.66. The molecule has 0 atom stereocenters. The molecule has 0 spiro atoms. The maximum atomic E-state index is 12.5. The highest BCUT2D eigenvalue weighted by Crippen LogP contribution is 2.21. The maximum Gasteiger partial charge on any atom is 0.349 e. The van der Waals surface area contributed by atoms with Gasteiger partial charge in [0.25, 0.3) is 0 Å². The number of methoxy groups -OCH3 is 1. The van der Waals surface area contributed by atoms with Crippen LogP contribution in [0.1, 0.15) is 26.3 Å². The maximum absolute atomic E-state index is 12.5. The topological polar surface area (TPSA) is 59.9 Å². The first kappa shape index (κ1) is 26.1. The van der Waals surface area contributed by atoms with E-state index >= 15 is 0 Å². The molecule has 0 radical (unpaired) electrons. The molecule has 0 aliphatic heterocycles. The summed E-state index contributed by atoms with van der Waals surface area (Å²) in [7, 11) is 5.65. The lowest BCUT2D eigenvalue weighted by molar-refractivity contribution is -0.666. The molecule has 1 heterocycles. The Hall–Kier alpha value is -3.13. The van der Waals surface area contributed by atoms with Crippen molar-refractivity contribution in [1.29, 1.82) is 0 Å². The number of ether oxygens (including phenoxy) is 2. The second-order valence-corrected chi connectivity index (χ2v) is 8.64. The van der Waals surface area contributed by atoms with Gasteiger partial charge < -0.3 is 31.4 Å². The average Bonchev–Trinajstić information content (AvgIpc) is 3.13. The molecule has 2 aromatic carbocycles. The predicted molar refractivity (Wildman–Crippen MR) is 126 cm³/mol. The van der Waals surface area contributed by atoms with Crippen LogP contribution in [0.25, 0.3) is 11.4 Å². The highest BCUT2D eigenvalue weighted by atomic mass is 79.9. The van der Waals surface area contributed by atoms with E-state index in [1.165, 1.54) is 0 Å². The molecule has 176 valence electrons. The van der Waals surface area contributed by atoms with Gasteiger partial charge in [0.05, 0.1) is 18.9 Å². The molecule has 1 aromatic heterocycles. The Bertz CT molecular complexity index is 1080. The van der Waals surface area contributed by atoms with Gasteiger partial charge in [0.2, 0.25) is 0 Å². The van der Waals surface area contributed by atoms with Gasteiger partial charge in [0, 0.05) is 19.8 Å². The van der Waals surface area contributed by atoms with Crippen LogP contribution < -0.4 is 31.3 Å². The molecule has 0 bridgehead atoms. The van der Waals surface area contributed by atoms with Crippen molar-refractivity contribution in [1.82, 2.24) is 4.57 Å². The smallest absolute Gasteiger partial charge is 0.349 e. The van der Waals surface area contributed by atoms with Gasteiger partial charge >= 0.3 is 11.8 Å². The normalized spacial score (nSPS) is 11.2. The summed E-state index contributed by atoms with van der Waals surface area (Å²) in [4.78, 5) is 14.5. The molecule has 0 amide bonds. The number of aromatic nitrogens is 2. The number of benzene rings is 2. The number of carbonyl (C=O) groups is 1. The molecule has 0 saturated heterocycles. The third-order valence-electron chi connectivity index (χ3n) is 4.69. The monoisotopic (exact) mass is 514 g/mol. The summed E-state index contributed by atoms with van der Waals surface area (Å²) in [6, 6.07) is 15.8. The van der Waals surface area contributed by atoms with Crippen molar-refractivity contribution in [2.45, 2.75) is 32.9 Å². The van der Waals surface area contributed by atoms with Gasteiger partial charge in [0.1, 0.15) is 17.5 Å². The second kappa shape index (κ2) is 11.1. The van der Waals surface area contributed by atoms with Crippen molar-refractivity contribution in [3.8, 4) is 17.1 Å². The van der Waals surface area contributed by atoms with E-state index in [4.69, 9.17) is 9.47 Å². The lowest BCUT2D eigenvalue weighted by Gasteiger charge is -2.18. The standard InChI is InChI=1S/C25H31N4O3.BrH/c1-25(2,3)32-23(30)18-28-15-16-29(24(28)20-9-13-22(31-6)14-10-20)26-17-19-7-11-21(12-8-19)27(4)5;/h7-17H,18H2,1-6H3;1H/q+1;/p-1. The summed E-state index contributed by atoms with van der Waals surface area (Å²) >= 11 is 0. The van der Waals surface area contributed by atoms with Crippen LogP contribution in [0.15, 0.2) is 66.0 Å². The third kappa shape index (κ3) is 7.18. The van der Waals surface area contributed by atoms with E-state index in [2.05, 4.69) is 5.10 Å². The van der Waals surface area contributed by atoms with Crippen LogP contribution in [0.4, 0.5) is 5.69 Å². The van der Waals surface area contributed by atoms with Crippen molar-refractivity contribution >= 4 is 17.9 Å². The van der Waals surface area contributed by atoms with Crippen LogP contribution in [0, 0.1) is 0 Å². The minimum absolute atomic E-state index is 0. The molecular weight excluding hydrogens is 484 g/mol. The first-order chi connectivity index (χ1) is 15.2. The first-order valence-corrected chi connectivity index (χ1v) is 10.4. The van der Waals surface area contributed by atoms with E-state index in [1.54, 1.807) is 18.0 Å². The number of anilines is 1. The lowest BCUT2D eigenvalue weighted by atomic mass is 10.2.